The van der Waals surface area contributed by atoms with Gasteiger partial charge in [0, 0.05) is 30.9 Å². The van der Waals surface area contributed by atoms with E-state index in [1.165, 1.54) is 16.7 Å². The number of rotatable bonds is 5. The number of para-hydroxylation sites is 1. The molecular weight excluding hydrogens is 546 g/mol. The number of hydrogen-bond donors (Lipinski definition) is 1. The van der Waals surface area contributed by atoms with E-state index in [0.29, 0.717) is 30.3 Å². The van der Waals surface area contributed by atoms with Gasteiger partial charge in [-0.1, -0.05) is 78.4 Å². The van der Waals surface area contributed by atoms with E-state index >= 15 is 0 Å². The first-order valence-corrected chi connectivity index (χ1v) is 14.8. The summed E-state index contributed by atoms with van der Waals surface area (Å²) in [6, 6.07) is 14.4. The molecule has 1 unspecified atom stereocenters. The summed E-state index contributed by atoms with van der Waals surface area (Å²) >= 11 is 8.13. The lowest BCUT2D eigenvalue weighted by molar-refractivity contribution is -0.144. The van der Waals surface area contributed by atoms with Crippen molar-refractivity contribution < 1.29 is 19.5 Å². The topological polar surface area (TPSA) is 81.2 Å². The third-order valence-electron chi connectivity index (χ3n) is 8.66. The number of aliphatic hydroxyl groups excluding tert-OH is 1. The van der Waals surface area contributed by atoms with Crippen LogP contribution in [0.25, 0.3) is 0 Å². The van der Waals surface area contributed by atoms with Crippen LogP contribution in [0.3, 0.4) is 0 Å². The fraction of sp³-hybridized carbons (Fsp3) is 0.387. The Balaban J connectivity index is 1.44. The first-order valence-electron chi connectivity index (χ1n) is 13.6. The van der Waals surface area contributed by atoms with Gasteiger partial charge in [-0.05, 0) is 31.0 Å². The van der Waals surface area contributed by atoms with E-state index < -0.39 is 27.4 Å². The van der Waals surface area contributed by atoms with Crippen molar-refractivity contribution in [2.45, 2.75) is 35.9 Å². The molecule has 1 N–H and O–H groups in total. The highest BCUT2D eigenvalue weighted by molar-refractivity contribution is 8.02. The number of carbonyl (C=O) groups excluding carboxylic acids is 3. The highest BCUT2D eigenvalue weighted by Crippen LogP contribution is 2.65. The fourth-order valence-corrected chi connectivity index (χ4v) is 9.51. The van der Waals surface area contributed by atoms with Gasteiger partial charge in [0.05, 0.1) is 33.9 Å². The number of fused-ring (bicyclic) bond motifs is 2. The molecule has 1 spiro atoms. The van der Waals surface area contributed by atoms with Crippen molar-refractivity contribution in [3.8, 4) is 0 Å². The Kier molecular flexibility index (Phi) is 6.84. The molecule has 0 aromatic heterocycles. The molecule has 2 aromatic carbocycles. The third kappa shape index (κ3) is 4.03. The minimum atomic E-state index is -0.970. The number of thioether (sulfide) groups is 1. The second-order valence-corrected chi connectivity index (χ2v) is 13.3. The average Bonchev–Trinajstić information content (AvgIpc) is 3.19. The zero-order chi connectivity index (χ0) is 28.2. The summed E-state index contributed by atoms with van der Waals surface area (Å²) in [4.78, 5) is 48.0. The molecule has 7 nitrogen and oxygen atoms in total. The Morgan fingerprint density at radius 3 is 2.42 bits per heavy atom. The smallest absolute Gasteiger partial charge is 0.251 e. The van der Waals surface area contributed by atoms with Crippen LogP contribution >= 0.6 is 23.4 Å². The number of anilines is 1. The summed E-state index contributed by atoms with van der Waals surface area (Å²) in [5.74, 6) is -2.02. The largest absolute Gasteiger partial charge is 0.395 e. The van der Waals surface area contributed by atoms with E-state index in [9.17, 15) is 19.5 Å². The zero-order valence-electron chi connectivity index (χ0n) is 22.5. The fourth-order valence-electron chi connectivity index (χ4n) is 7.03. The number of halogens is 1. The van der Waals surface area contributed by atoms with Crippen LogP contribution in [0.5, 0.6) is 0 Å². The molecule has 0 bridgehead atoms. The van der Waals surface area contributed by atoms with Gasteiger partial charge in [-0.25, -0.2) is 0 Å². The van der Waals surface area contributed by atoms with Crippen LogP contribution in [0.4, 0.5) is 5.69 Å². The maximum absolute atomic E-state index is 14.5. The summed E-state index contributed by atoms with van der Waals surface area (Å²) in [6.45, 7) is 4.82. The molecule has 0 aliphatic carbocycles. The maximum atomic E-state index is 14.5. The summed E-state index contributed by atoms with van der Waals surface area (Å²) in [5, 5.41) is 10.4. The molecule has 4 aliphatic rings. The predicted molar refractivity (Wildman–Crippen MR) is 157 cm³/mol. The van der Waals surface area contributed by atoms with Gasteiger partial charge in [-0.3, -0.25) is 14.4 Å². The van der Waals surface area contributed by atoms with Crippen molar-refractivity contribution in [3.05, 3.63) is 89.0 Å². The van der Waals surface area contributed by atoms with Gasteiger partial charge in [0.25, 0.3) is 5.91 Å². The Morgan fingerprint density at radius 2 is 1.70 bits per heavy atom. The van der Waals surface area contributed by atoms with E-state index in [1.54, 1.807) is 15.9 Å². The van der Waals surface area contributed by atoms with Crippen LogP contribution in [0.2, 0.25) is 5.02 Å². The van der Waals surface area contributed by atoms with Crippen LogP contribution in [-0.4, -0.2) is 74.4 Å². The molecule has 2 saturated heterocycles. The van der Waals surface area contributed by atoms with Crippen molar-refractivity contribution in [3.63, 3.8) is 0 Å². The number of aryl methyl sites for hydroxylation is 1. The molecular formula is C31H32ClN3O4S. The Hall–Kier alpha value is -3.07. The number of likely N-dealkylation sites (tertiary alicyclic amines) is 1. The number of β-amino-alcohol motifs (C(OH)–C–C–N with tert-alkyl or cyclic N) is 1. The number of amides is 3. The molecule has 2 fully saturated rings. The molecule has 9 heteroatoms. The van der Waals surface area contributed by atoms with Crippen LogP contribution in [0.1, 0.15) is 18.1 Å². The number of benzene rings is 2. The molecule has 3 amide bonds. The Bertz CT molecular complexity index is 1410. The predicted octanol–water partition coefficient (Wildman–Crippen LogP) is 3.83. The average molecular weight is 578 g/mol. The van der Waals surface area contributed by atoms with Crippen LogP contribution in [0, 0.1) is 18.8 Å². The van der Waals surface area contributed by atoms with Crippen LogP contribution in [-0.2, 0) is 20.9 Å². The second kappa shape index (κ2) is 10.1. The minimum Gasteiger partial charge on any atom is -0.395 e. The second-order valence-electron chi connectivity index (χ2n) is 11.1. The van der Waals surface area contributed by atoms with Crippen molar-refractivity contribution >= 4 is 46.8 Å². The molecule has 2 aromatic rings. The van der Waals surface area contributed by atoms with Crippen molar-refractivity contribution in [2.24, 2.45) is 11.8 Å². The van der Waals surface area contributed by atoms with Crippen molar-refractivity contribution in [1.82, 2.24) is 9.80 Å². The first-order chi connectivity index (χ1) is 19.2. The molecule has 208 valence electrons. The SMILES string of the molecule is Cc1cccc(Cl)c1N1CC=C[C@]23S[C@]4(C)C=CCN(Cc5ccccc5)C(=O)[C@@H]4[C@H]2C(=O)N(CCO)C3C1=O. The summed E-state index contributed by atoms with van der Waals surface area (Å²) in [5.41, 5.74) is 2.48. The number of nitrogens with zero attached hydrogens (tertiary/aromatic N) is 3. The van der Waals surface area contributed by atoms with Gasteiger partial charge >= 0.3 is 0 Å². The standard InChI is InChI=1S/C31H32ClN3O4S/c1-20-9-6-12-22(32)25(20)34-16-8-14-31-24(28(38)35(17-18-36)26(31)29(34)39)23-27(37)33(15-7-13-30(23,2)40-31)19-21-10-4-3-5-11-21/h3-14,23-24,26,36H,15-19H2,1-2H3/t23-,24-,26?,30+,31-/m0/s1. The van der Waals surface area contributed by atoms with Crippen molar-refractivity contribution in [1.29, 1.82) is 0 Å². The molecule has 40 heavy (non-hydrogen) atoms. The lowest BCUT2D eigenvalue weighted by atomic mass is 9.74. The molecule has 0 radical (unpaired) electrons. The molecule has 0 saturated carbocycles. The van der Waals surface area contributed by atoms with Gasteiger partial charge < -0.3 is 19.8 Å². The van der Waals surface area contributed by atoms with Crippen LogP contribution in [0.15, 0.2) is 72.8 Å². The monoisotopic (exact) mass is 577 g/mol. The minimum absolute atomic E-state index is 0.0123. The number of carbonyl (C=O) groups is 3. The first kappa shape index (κ1) is 27.1. The van der Waals surface area contributed by atoms with E-state index in [0.717, 1.165) is 11.1 Å². The molecule has 4 heterocycles. The maximum Gasteiger partial charge on any atom is 0.251 e. The quantitative estimate of drug-likeness (QED) is 0.546. The highest BCUT2D eigenvalue weighted by atomic mass is 35.5. The van der Waals surface area contributed by atoms with E-state index in [1.807, 2.05) is 74.5 Å². The van der Waals surface area contributed by atoms with Crippen molar-refractivity contribution in [2.75, 3.05) is 31.1 Å². The Labute approximate surface area is 243 Å². The van der Waals surface area contributed by atoms with Crippen LogP contribution < -0.4 is 4.90 Å². The lowest BCUT2D eigenvalue weighted by Crippen LogP contribution is -2.54. The lowest BCUT2D eigenvalue weighted by Gasteiger charge is -2.37. The van der Waals surface area contributed by atoms with Gasteiger partial charge in [-0.15, -0.1) is 11.8 Å². The van der Waals surface area contributed by atoms with E-state index in [-0.39, 0.29) is 30.9 Å². The summed E-state index contributed by atoms with van der Waals surface area (Å²) in [6.07, 6.45) is 7.98. The van der Waals surface area contributed by atoms with Gasteiger partial charge in [-0.2, -0.15) is 0 Å². The Morgan fingerprint density at radius 1 is 0.950 bits per heavy atom. The molecule has 4 aliphatic heterocycles. The van der Waals surface area contributed by atoms with Gasteiger partial charge in [0.2, 0.25) is 11.8 Å². The highest BCUT2D eigenvalue weighted by Gasteiger charge is 2.73. The summed E-state index contributed by atoms with van der Waals surface area (Å²) < 4.78 is -1.66. The number of hydrogen-bond acceptors (Lipinski definition) is 5. The van der Waals surface area contributed by atoms with E-state index in [2.05, 4.69) is 6.08 Å². The van der Waals surface area contributed by atoms with Gasteiger partial charge in [0.15, 0.2) is 0 Å². The summed E-state index contributed by atoms with van der Waals surface area (Å²) in [7, 11) is 0. The normalized spacial score (nSPS) is 31.2. The zero-order valence-corrected chi connectivity index (χ0v) is 24.1. The molecule has 5 atom stereocenters. The van der Waals surface area contributed by atoms with Gasteiger partial charge in [0.1, 0.15) is 6.04 Å². The number of aliphatic hydroxyl groups is 1. The molecule has 6 rings (SSSR count). The van der Waals surface area contributed by atoms with E-state index in [4.69, 9.17) is 11.6 Å². The third-order valence-corrected chi connectivity index (χ3v) is 10.8.